The molecule has 0 aliphatic heterocycles. The van der Waals surface area contributed by atoms with Gasteiger partial charge in [0.1, 0.15) is 5.78 Å². The zero-order chi connectivity index (χ0) is 11.0. The fourth-order valence-corrected chi connectivity index (χ4v) is 1.30. The van der Waals surface area contributed by atoms with E-state index in [9.17, 15) is 4.79 Å². The van der Waals surface area contributed by atoms with Crippen molar-refractivity contribution in [3.05, 3.63) is 0 Å². The average molecular weight is 250 g/mol. The Kier molecular flexibility index (Phi) is 15.3. The summed E-state index contributed by atoms with van der Waals surface area (Å²) in [6.45, 7) is 8.70. The third-order valence-electron chi connectivity index (χ3n) is 2.48. The summed E-state index contributed by atoms with van der Waals surface area (Å²) >= 11 is 1.74. The van der Waals surface area contributed by atoms with Crippen molar-refractivity contribution >= 4 is 17.5 Å². The van der Waals surface area contributed by atoms with Crippen LogP contribution in [0.2, 0.25) is 0 Å². The second-order valence-electron chi connectivity index (χ2n) is 3.93. The maximum atomic E-state index is 11.6. The number of thioether (sulfide) groups is 1. The molecule has 0 aromatic carbocycles. The average Bonchev–Trinajstić information content (AvgIpc) is 2.17. The molecule has 0 aromatic rings. The van der Waals surface area contributed by atoms with Crippen molar-refractivity contribution in [3.63, 3.8) is 0 Å². The molecule has 0 aliphatic rings. The Hall–Kier alpha value is -0.0200. The Morgan fingerprint density at radius 3 is 2.25 bits per heavy atom. The normalized spacial score (nSPS) is 10.2. The van der Waals surface area contributed by atoms with Crippen LogP contribution in [0.25, 0.3) is 0 Å². The predicted octanol–water partition coefficient (Wildman–Crippen LogP) is 4.38. The van der Waals surface area contributed by atoms with Crippen molar-refractivity contribution < 1.29 is 9.53 Å². The molecule has 0 radical (unpaired) electrons. The molecule has 3 heteroatoms. The van der Waals surface area contributed by atoms with Crippen LogP contribution in [-0.4, -0.2) is 24.1 Å². The monoisotopic (exact) mass is 250 g/mol. The Morgan fingerprint density at radius 1 is 1.25 bits per heavy atom. The second-order valence-corrected chi connectivity index (χ2v) is 5.15. The van der Waals surface area contributed by atoms with Gasteiger partial charge in [0.2, 0.25) is 0 Å². The first-order chi connectivity index (χ1) is 6.54. The maximum absolute atomic E-state index is 11.6. The number of carbonyl (C=O) groups excluding carboxylic acids is 1. The van der Waals surface area contributed by atoms with Crippen LogP contribution in [0.1, 0.15) is 55.4 Å². The summed E-state index contributed by atoms with van der Waals surface area (Å²) in [5, 5.41) is 0. The Morgan fingerprint density at radius 2 is 1.81 bits per heavy atom. The summed E-state index contributed by atoms with van der Waals surface area (Å²) in [6.07, 6.45) is 1.45. The fraction of sp³-hybridized carbons (Fsp3) is 0.923. The minimum atomic E-state index is -0.179. The lowest BCUT2D eigenvalue weighted by molar-refractivity contribution is -0.128. The van der Waals surface area contributed by atoms with Gasteiger partial charge in [-0.05, 0) is 12.2 Å². The number of Topliss-reactive ketones (excluding diaryl/α,β-unsaturated/α-hetero) is 1. The number of ketones is 1. The van der Waals surface area contributed by atoms with E-state index in [-0.39, 0.29) is 20.3 Å². The lowest BCUT2D eigenvalue weighted by Crippen LogP contribution is -2.24. The Balaban J connectivity index is -0.000000845. The molecular formula is C13H30O2S. The SMILES string of the molecule is C.C.CCSCOCCC(=O)C(C)(C)CC. The zero-order valence-electron chi connectivity index (χ0n) is 9.76. The highest BCUT2D eigenvalue weighted by molar-refractivity contribution is 7.99. The number of hydrogen-bond donors (Lipinski definition) is 0. The summed E-state index contributed by atoms with van der Waals surface area (Å²) in [6, 6.07) is 0. The molecule has 0 fully saturated rings. The molecule has 0 N–H and O–H groups in total. The van der Waals surface area contributed by atoms with Crippen LogP contribution in [-0.2, 0) is 9.53 Å². The van der Waals surface area contributed by atoms with Crippen LogP contribution < -0.4 is 0 Å². The highest BCUT2D eigenvalue weighted by atomic mass is 32.2. The number of rotatable bonds is 8. The van der Waals surface area contributed by atoms with Crippen molar-refractivity contribution in [2.45, 2.75) is 55.4 Å². The second kappa shape index (κ2) is 11.5. The van der Waals surface area contributed by atoms with Gasteiger partial charge < -0.3 is 4.74 Å². The van der Waals surface area contributed by atoms with Crippen LogP contribution in [0.4, 0.5) is 0 Å². The molecule has 0 aromatic heterocycles. The first kappa shape index (κ1) is 21.3. The molecule has 0 heterocycles. The minimum Gasteiger partial charge on any atom is -0.370 e. The molecule has 100 valence electrons. The van der Waals surface area contributed by atoms with E-state index in [1.165, 1.54) is 0 Å². The Bertz CT molecular complexity index is 167. The summed E-state index contributed by atoms with van der Waals surface area (Å²) in [5.74, 6) is 2.08. The van der Waals surface area contributed by atoms with Gasteiger partial charge in [-0.1, -0.05) is 42.5 Å². The molecule has 0 bridgehead atoms. The molecule has 0 saturated carbocycles. The first-order valence-corrected chi connectivity index (χ1v) is 6.38. The van der Waals surface area contributed by atoms with Crippen molar-refractivity contribution in [1.82, 2.24) is 0 Å². The predicted molar refractivity (Wildman–Crippen MR) is 76.1 cm³/mol. The van der Waals surface area contributed by atoms with E-state index in [2.05, 4.69) is 6.92 Å². The first-order valence-electron chi connectivity index (χ1n) is 5.23. The van der Waals surface area contributed by atoms with Gasteiger partial charge >= 0.3 is 0 Å². The van der Waals surface area contributed by atoms with E-state index >= 15 is 0 Å². The van der Waals surface area contributed by atoms with Gasteiger partial charge in [0.05, 0.1) is 12.5 Å². The van der Waals surface area contributed by atoms with Crippen LogP contribution in [0.5, 0.6) is 0 Å². The van der Waals surface area contributed by atoms with Crippen LogP contribution in [0.3, 0.4) is 0 Å². The molecule has 0 amide bonds. The highest BCUT2D eigenvalue weighted by Crippen LogP contribution is 2.22. The van der Waals surface area contributed by atoms with E-state index in [0.717, 1.165) is 12.2 Å². The van der Waals surface area contributed by atoms with E-state index in [0.29, 0.717) is 24.7 Å². The molecule has 0 spiro atoms. The van der Waals surface area contributed by atoms with E-state index < -0.39 is 0 Å². The van der Waals surface area contributed by atoms with Crippen molar-refractivity contribution in [2.75, 3.05) is 18.3 Å². The Labute approximate surface area is 107 Å². The van der Waals surface area contributed by atoms with Gasteiger partial charge in [-0.2, -0.15) is 0 Å². The van der Waals surface area contributed by atoms with E-state index in [1.54, 1.807) is 11.8 Å². The van der Waals surface area contributed by atoms with Crippen LogP contribution >= 0.6 is 11.8 Å². The van der Waals surface area contributed by atoms with Gasteiger partial charge in [-0.3, -0.25) is 4.79 Å². The maximum Gasteiger partial charge on any atom is 0.140 e. The van der Waals surface area contributed by atoms with E-state index in [4.69, 9.17) is 4.74 Å². The van der Waals surface area contributed by atoms with Crippen LogP contribution in [0.15, 0.2) is 0 Å². The number of ether oxygens (including phenoxy) is 1. The summed E-state index contributed by atoms with van der Waals surface area (Å²) in [4.78, 5) is 11.6. The highest BCUT2D eigenvalue weighted by Gasteiger charge is 2.24. The molecule has 16 heavy (non-hydrogen) atoms. The molecule has 2 nitrogen and oxygen atoms in total. The van der Waals surface area contributed by atoms with Crippen molar-refractivity contribution in [2.24, 2.45) is 5.41 Å². The quantitative estimate of drug-likeness (QED) is 0.472. The minimum absolute atomic E-state index is 0. The summed E-state index contributed by atoms with van der Waals surface area (Å²) in [7, 11) is 0. The summed E-state index contributed by atoms with van der Waals surface area (Å²) < 4.78 is 5.33. The molecule has 0 aliphatic carbocycles. The fourth-order valence-electron chi connectivity index (χ4n) is 0.902. The molecular weight excluding hydrogens is 220 g/mol. The topological polar surface area (TPSA) is 26.3 Å². The number of carbonyl (C=O) groups is 1. The van der Waals surface area contributed by atoms with Gasteiger partial charge in [0.25, 0.3) is 0 Å². The van der Waals surface area contributed by atoms with Gasteiger partial charge in [0.15, 0.2) is 0 Å². The molecule has 0 saturated heterocycles. The van der Waals surface area contributed by atoms with Gasteiger partial charge in [-0.25, -0.2) is 0 Å². The third kappa shape index (κ3) is 9.22. The van der Waals surface area contributed by atoms with Crippen molar-refractivity contribution in [1.29, 1.82) is 0 Å². The number of hydrogen-bond acceptors (Lipinski definition) is 3. The van der Waals surface area contributed by atoms with Gasteiger partial charge in [-0.15, -0.1) is 11.8 Å². The smallest absolute Gasteiger partial charge is 0.140 e. The van der Waals surface area contributed by atoms with E-state index in [1.807, 2.05) is 20.8 Å². The largest absolute Gasteiger partial charge is 0.370 e. The lowest BCUT2D eigenvalue weighted by atomic mass is 9.84. The third-order valence-corrected chi connectivity index (χ3v) is 3.22. The lowest BCUT2D eigenvalue weighted by Gasteiger charge is -2.20. The summed E-state index contributed by atoms with van der Waals surface area (Å²) in [5.41, 5.74) is -0.179. The molecule has 0 rings (SSSR count). The molecule has 0 atom stereocenters. The molecule has 0 unspecified atom stereocenters. The standard InChI is InChI=1S/C11H22O2S.2CH4/c1-5-11(3,4)10(12)7-8-13-9-14-6-2;;/h5-9H2,1-4H3;2*1H4. The van der Waals surface area contributed by atoms with Crippen LogP contribution in [0, 0.1) is 5.41 Å². The van der Waals surface area contributed by atoms with Crippen molar-refractivity contribution in [3.8, 4) is 0 Å². The zero-order valence-corrected chi connectivity index (χ0v) is 10.6. The van der Waals surface area contributed by atoms with Gasteiger partial charge in [0, 0.05) is 11.8 Å².